The van der Waals surface area contributed by atoms with Crippen LogP contribution in [-0.4, -0.2) is 9.78 Å². The van der Waals surface area contributed by atoms with E-state index in [1.165, 1.54) is 0 Å². The third-order valence-electron chi connectivity index (χ3n) is 2.18. The normalized spacial score (nSPS) is 12.9. The standard InChI is InChI=1S/C10H18N4/c1-7(2)5-10(12-11)9-6-14(4)13-8(9)3/h6,10,12H,1,5,11H2,2-4H3. The van der Waals surface area contributed by atoms with Gasteiger partial charge in [-0.3, -0.25) is 16.0 Å². The van der Waals surface area contributed by atoms with Crippen LogP contribution in [0.2, 0.25) is 0 Å². The second-order valence-corrected chi connectivity index (χ2v) is 3.72. The van der Waals surface area contributed by atoms with Gasteiger partial charge in [0.1, 0.15) is 0 Å². The van der Waals surface area contributed by atoms with Crippen molar-refractivity contribution in [3.63, 3.8) is 0 Å². The average molecular weight is 194 g/mol. The second-order valence-electron chi connectivity index (χ2n) is 3.72. The van der Waals surface area contributed by atoms with E-state index in [1.807, 2.05) is 27.1 Å². The molecule has 0 bridgehead atoms. The minimum absolute atomic E-state index is 0.112. The molecule has 0 aromatic carbocycles. The molecule has 78 valence electrons. The van der Waals surface area contributed by atoms with Crippen molar-refractivity contribution < 1.29 is 0 Å². The van der Waals surface area contributed by atoms with E-state index in [-0.39, 0.29) is 6.04 Å². The van der Waals surface area contributed by atoms with Gasteiger partial charge in [-0.15, -0.1) is 6.58 Å². The highest BCUT2D eigenvalue weighted by atomic mass is 15.3. The topological polar surface area (TPSA) is 55.9 Å². The van der Waals surface area contributed by atoms with Crippen LogP contribution < -0.4 is 11.3 Å². The number of nitrogens with two attached hydrogens (primary N) is 1. The molecule has 0 amide bonds. The van der Waals surface area contributed by atoms with Gasteiger partial charge in [0.25, 0.3) is 0 Å². The van der Waals surface area contributed by atoms with Crippen LogP contribution in [-0.2, 0) is 7.05 Å². The molecule has 0 saturated carbocycles. The lowest BCUT2D eigenvalue weighted by Gasteiger charge is -2.14. The maximum Gasteiger partial charge on any atom is 0.0642 e. The lowest BCUT2D eigenvalue weighted by Crippen LogP contribution is -2.28. The molecule has 0 aliphatic rings. The van der Waals surface area contributed by atoms with E-state index in [0.29, 0.717) is 0 Å². The fourth-order valence-electron chi connectivity index (χ4n) is 1.57. The van der Waals surface area contributed by atoms with Crippen molar-refractivity contribution in [1.29, 1.82) is 0 Å². The summed E-state index contributed by atoms with van der Waals surface area (Å²) >= 11 is 0. The lowest BCUT2D eigenvalue weighted by molar-refractivity contribution is 0.547. The molecule has 0 aliphatic carbocycles. The first-order chi connectivity index (χ1) is 6.54. The van der Waals surface area contributed by atoms with E-state index >= 15 is 0 Å². The maximum absolute atomic E-state index is 5.50. The smallest absolute Gasteiger partial charge is 0.0642 e. The van der Waals surface area contributed by atoms with E-state index in [9.17, 15) is 0 Å². The van der Waals surface area contributed by atoms with Gasteiger partial charge in [0.05, 0.1) is 11.7 Å². The van der Waals surface area contributed by atoms with Crippen LogP contribution in [0.5, 0.6) is 0 Å². The van der Waals surface area contributed by atoms with Crippen LogP contribution in [0.15, 0.2) is 18.3 Å². The van der Waals surface area contributed by atoms with Gasteiger partial charge in [-0.05, 0) is 20.3 Å². The first kappa shape index (κ1) is 10.9. The van der Waals surface area contributed by atoms with Crippen LogP contribution in [0.3, 0.4) is 0 Å². The molecule has 3 N–H and O–H groups in total. The van der Waals surface area contributed by atoms with Crippen molar-refractivity contribution in [2.75, 3.05) is 0 Å². The first-order valence-electron chi connectivity index (χ1n) is 4.65. The van der Waals surface area contributed by atoms with Crippen LogP contribution in [0, 0.1) is 6.92 Å². The third kappa shape index (κ3) is 2.43. The molecule has 0 radical (unpaired) electrons. The predicted octanol–water partition coefficient (Wildman–Crippen LogP) is 1.20. The molecular formula is C10H18N4. The van der Waals surface area contributed by atoms with Crippen molar-refractivity contribution in [3.05, 3.63) is 29.6 Å². The van der Waals surface area contributed by atoms with Crippen molar-refractivity contribution >= 4 is 0 Å². The molecule has 0 aliphatic heterocycles. The molecule has 1 aromatic rings. The van der Waals surface area contributed by atoms with Crippen molar-refractivity contribution in [3.8, 4) is 0 Å². The van der Waals surface area contributed by atoms with E-state index in [4.69, 9.17) is 5.84 Å². The Morgan fingerprint density at radius 1 is 1.79 bits per heavy atom. The zero-order chi connectivity index (χ0) is 10.7. The molecule has 4 heteroatoms. The summed E-state index contributed by atoms with van der Waals surface area (Å²) in [5, 5.41) is 4.28. The minimum atomic E-state index is 0.112. The average Bonchev–Trinajstić information content (AvgIpc) is 2.41. The number of hydrazine groups is 1. The highest BCUT2D eigenvalue weighted by Gasteiger charge is 2.14. The zero-order valence-corrected chi connectivity index (χ0v) is 9.04. The van der Waals surface area contributed by atoms with Gasteiger partial charge in [0, 0.05) is 18.8 Å². The Balaban J connectivity index is 2.88. The molecule has 0 saturated heterocycles. The number of rotatable bonds is 4. The highest BCUT2D eigenvalue weighted by Crippen LogP contribution is 2.21. The third-order valence-corrected chi connectivity index (χ3v) is 2.18. The molecule has 0 spiro atoms. The number of aromatic nitrogens is 2. The Bertz CT molecular complexity index is 327. The lowest BCUT2D eigenvalue weighted by atomic mass is 10.0. The first-order valence-corrected chi connectivity index (χ1v) is 4.65. The number of hydrogen-bond donors (Lipinski definition) is 2. The molecule has 1 aromatic heterocycles. The minimum Gasteiger partial charge on any atom is -0.275 e. The van der Waals surface area contributed by atoms with Crippen molar-refractivity contribution in [1.82, 2.24) is 15.2 Å². The summed E-state index contributed by atoms with van der Waals surface area (Å²) in [5.74, 6) is 5.50. The molecule has 1 unspecified atom stereocenters. The molecule has 14 heavy (non-hydrogen) atoms. The van der Waals surface area contributed by atoms with Gasteiger partial charge in [-0.1, -0.05) is 5.57 Å². The zero-order valence-electron chi connectivity index (χ0n) is 9.04. The number of nitrogens with one attached hydrogen (secondary N) is 1. The van der Waals surface area contributed by atoms with E-state index in [0.717, 1.165) is 23.3 Å². The molecule has 1 atom stereocenters. The highest BCUT2D eigenvalue weighted by molar-refractivity contribution is 5.21. The summed E-state index contributed by atoms with van der Waals surface area (Å²) in [6.07, 6.45) is 2.83. The largest absolute Gasteiger partial charge is 0.275 e. The fourth-order valence-corrected chi connectivity index (χ4v) is 1.57. The fraction of sp³-hybridized carbons (Fsp3) is 0.500. The summed E-state index contributed by atoms with van der Waals surface area (Å²) in [6.45, 7) is 7.86. The number of hydrogen-bond acceptors (Lipinski definition) is 3. The number of nitrogens with zero attached hydrogens (tertiary/aromatic N) is 2. The molecule has 1 rings (SSSR count). The quantitative estimate of drug-likeness (QED) is 0.430. The van der Waals surface area contributed by atoms with Crippen LogP contribution in [0.1, 0.15) is 30.6 Å². The van der Waals surface area contributed by atoms with Gasteiger partial charge in [0.15, 0.2) is 0 Å². The molecule has 4 nitrogen and oxygen atoms in total. The number of aryl methyl sites for hydroxylation is 2. The van der Waals surface area contributed by atoms with Crippen LogP contribution in [0.25, 0.3) is 0 Å². The summed E-state index contributed by atoms with van der Waals surface area (Å²) in [7, 11) is 1.91. The van der Waals surface area contributed by atoms with Gasteiger partial charge in [-0.25, -0.2) is 0 Å². The second kappa shape index (κ2) is 4.39. The Morgan fingerprint density at radius 2 is 2.43 bits per heavy atom. The molecular weight excluding hydrogens is 176 g/mol. The Hall–Kier alpha value is -1.13. The Kier molecular flexibility index (Phi) is 3.43. The van der Waals surface area contributed by atoms with Crippen molar-refractivity contribution in [2.45, 2.75) is 26.3 Å². The van der Waals surface area contributed by atoms with Crippen molar-refractivity contribution in [2.24, 2.45) is 12.9 Å². The maximum atomic E-state index is 5.50. The summed E-state index contributed by atoms with van der Waals surface area (Å²) in [6, 6.07) is 0.112. The van der Waals surface area contributed by atoms with E-state index < -0.39 is 0 Å². The predicted molar refractivity (Wildman–Crippen MR) is 57.4 cm³/mol. The molecule has 1 heterocycles. The Labute approximate surface area is 84.8 Å². The van der Waals surface area contributed by atoms with Gasteiger partial charge in [0.2, 0.25) is 0 Å². The van der Waals surface area contributed by atoms with E-state index in [1.54, 1.807) is 4.68 Å². The van der Waals surface area contributed by atoms with Gasteiger partial charge >= 0.3 is 0 Å². The SMILES string of the molecule is C=C(C)CC(NN)c1cn(C)nc1C. The van der Waals surface area contributed by atoms with E-state index in [2.05, 4.69) is 17.1 Å². The summed E-state index contributed by atoms with van der Waals surface area (Å²) < 4.78 is 1.80. The Morgan fingerprint density at radius 3 is 2.79 bits per heavy atom. The van der Waals surface area contributed by atoms with Crippen LogP contribution in [0.4, 0.5) is 0 Å². The van der Waals surface area contributed by atoms with Crippen LogP contribution >= 0.6 is 0 Å². The molecule has 0 fully saturated rings. The summed E-state index contributed by atoms with van der Waals surface area (Å²) in [4.78, 5) is 0. The monoisotopic (exact) mass is 194 g/mol. The van der Waals surface area contributed by atoms with Gasteiger partial charge < -0.3 is 0 Å². The van der Waals surface area contributed by atoms with Gasteiger partial charge in [-0.2, -0.15) is 5.10 Å². The summed E-state index contributed by atoms with van der Waals surface area (Å²) in [5.41, 5.74) is 6.05.